The summed E-state index contributed by atoms with van der Waals surface area (Å²) in [6, 6.07) is 16.1. The Bertz CT molecular complexity index is 833. The number of aromatic hydroxyl groups is 1. The fraction of sp³-hybridized carbons (Fsp3) is 0.391. The number of esters is 1. The number of phenols is 1. The van der Waals surface area contributed by atoms with Crippen LogP contribution < -0.4 is 5.19 Å². The molecule has 1 amide bonds. The van der Waals surface area contributed by atoms with Gasteiger partial charge in [0.25, 0.3) is 0 Å². The zero-order chi connectivity index (χ0) is 21.4. The highest BCUT2D eigenvalue weighted by Crippen LogP contribution is 2.17. The van der Waals surface area contributed by atoms with Crippen molar-refractivity contribution in [2.75, 3.05) is 13.7 Å². The van der Waals surface area contributed by atoms with Gasteiger partial charge in [0.2, 0.25) is 5.91 Å². The maximum atomic E-state index is 12.3. The molecular weight excluding hydrogens is 382 g/mol. The maximum absolute atomic E-state index is 12.3. The number of nitrogens with zero attached hydrogens (tertiary/aromatic N) is 1. The highest BCUT2D eigenvalue weighted by atomic mass is 28.3. The number of hydrogen-bond donors (Lipinski definition) is 1. The van der Waals surface area contributed by atoms with Crippen molar-refractivity contribution in [3.05, 3.63) is 59.7 Å². The first kappa shape index (κ1) is 22.7. The molecule has 0 heterocycles. The van der Waals surface area contributed by atoms with E-state index in [1.807, 2.05) is 29.2 Å². The van der Waals surface area contributed by atoms with E-state index in [-0.39, 0.29) is 17.6 Å². The molecule has 2 aromatic rings. The van der Waals surface area contributed by atoms with Crippen LogP contribution in [0.25, 0.3) is 0 Å². The third-order valence-electron chi connectivity index (χ3n) is 5.34. The lowest BCUT2D eigenvalue weighted by atomic mass is 10.1. The largest absolute Gasteiger partial charge is 0.508 e. The van der Waals surface area contributed by atoms with E-state index in [1.54, 1.807) is 19.1 Å². The van der Waals surface area contributed by atoms with Crippen LogP contribution in [0.5, 0.6) is 5.75 Å². The normalized spacial score (nSPS) is 11.2. The molecule has 0 radical (unpaired) electrons. The molecule has 0 spiro atoms. The predicted octanol–water partition coefficient (Wildman–Crippen LogP) is 3.46. The molecule has 0 saturated heterocycles. The van der Waals surface area contributed by atoms with Crippen LogP contribution in [0, 0.1) is 0 Å². The van der Waals surface area contributed by atoms with Gasteiger partial charge < -0.3 is 14.7 Å². The van der Waals surface area contributed by atoms with E-state index in [0.717, 1.165) is 23.6 Å². The summed E-state index contributed by atoms with van der Waals surface area (Å²) in [5.74, 6) is 0.0974. The summed E-state index contributed by atoms with van der Waals surface area (Å²) in [5.41, 5.74) is 2.23. The molecule has 1 N–H and O–H groups in total. The Morgan fingerprint density at radius 1 is 1.07 bits per heavy atom. The standard InChI is InChI=1S/C23H31NO4Si/c1-18(25)24(15-13-19-9-11-21(26)12-10-19)17-20-7-5-6-8-22(20)29(3,4)16-14-23(27)28-2/h5-12,26H,13-17H2,1-4H3. The first-order valence-electron chi connectivity index (χ1n) is 9.91. The molecule has 0 unspecified atom stereocenters. The van der Waals surface area contributed by atoms with Gasteiger partial charge in [0, 0.05) is 26.4 Å². The highest BCUT2D eigenvalue weighted by molar-refractivity contribution is 6.90. The monoisotopic (exact) mass is 413 g/mol. The van der Waals surface area contributed by atoms with E-state index in [4.69, 9.17) is 4.74 Å². The van der Waals surface area contributed by atoms with E-state index in [1.165, 1.54) is 12.3 Å². The average Bonchev–Trinajstić information content (AvgIpc) is 2.70. The molecule has 0 aliphatic rings. The average molecular weight is 414 g/mol. The number of amides is 1. The van der Waals surface area contributed by atoms with Gasteiger partial charge >= 0.3 is 5.97 Å². The second-order valence-corrected chi connectivity index (χ2v) is 12.8. The fourth-order valence-corrected chi connectivity index (χ4v) is 6.13. The third kappa shape index (κ3) is 6.75. The second kappa shape index (κ2) is 10.3. The number of rotatable bonds is 9. The summed E-state index contributed by atoms with van der Waals surface area (Å²) in [6.45, 7) is 7.27. The molecule has 6 heteroatoms. The Balaban J connectivity index is 2.14. The van der Waals surface area contributed by atoms with Crippen molar-refractivity contribution in [1.82, 2.24) is 4.90 Å². The van der Waals surface area contributed by atoms with Crippen LogP contribution in [0.3, 0.4) is 0 Å². The van der Waals surface area contributed by atoms with Crippen LogP contribution in [0.4, 0.5) is 0 Å². The van der Waals surface area contributed by atoms with Crippen molar-refractivity contribution in [3.63, 3.8) is 0 Å². The molecule has 0 bridgehead atoms. The van der Waals surface area contributed by atoms with Crippen molar-refractivity contribution < 1.29 is 19.4 Å². The summed E-state index contributed by atoms with van der Waals surface area (Å²) in [5, 5.41) is 10.7. The lowest BCUT2D eigenvalue weighted by Gasteiger charge is -2.28. The van der Waals surface area contributed by atoms with Gasteiger partial charge in [-0.15, -0.1) is 0 Å². The third-order valence-corrected chi connectivity index (χ3v) is 8.79. The van der Waals surface area contributed by atoms with Crippen molar-refractivity contribution in [1.29, 1.82) is 0 Å². The highest BCUT2D eigenvalue weighted by Gasteiger charge is 2.27. The van der Waals surface area contributed by atoms with Gasteiger partial charge in [-0.2, -0.15) is 0 Å². The summed E-state index contributed by atoms with van der Waals surface area (Å²) in [6.07, 6.45) is 1.15. The number of carbonyl (C=O) groups excluding carboxylic acids is 2. The van der Waals surface area contributed by atoms with Crippen molar-refractivity contribution >= 4 is 25.1 Å². The first-order valence-corrected chi connectivity index (χ1v) is 13.1. The second-order valence-electron chi connectivity index (χ2n) is 7.97. The van der Waals surface area contributed by atoms with E-state index in [9.17, 15) is 14.7 Å². The Morgan fingerprint density at radius 3 is 2.34 bits per heavy atom. The van der Waals surface area contributed by atoms with Gasteiger partial charge in [0.1, 0.15) is 5.75 Å². The molecule has 0 aliphatic heterocycles. The van der Waals surface area contributed by atoms with Gasteiger partial charge in [-0.25, -0.2) is 0 Å². The molecule has 0 fully saturated rings. The van der Waals surface area contributed by atoms with Crippen LogP contribution >= 0.6 is 0 Å². The summed E-state index contributed by atoms with van der Waals surface area (Å²) < 4.78 is 4.80. The lowest BCUT2D eigenvalue weighted by molar-refractivity contribution is -0.140. The molecule has 156 valence electrons. The lowest BCUT2D eigenvalue weighted by Crippen LogP contribution is -2.45. The Kier molecular flexibility index (Phi) is 8.02. The van der Waals surface area contributed by atoms with Crippen LogP contribution in [0.15, 0.2) is 48.5 Å². The Morgan fingerprint density at radius 2 is 1.72 bits per heavy atom. The van der Waals surface area contributed by atoms with E-state index >= 15 is 0 Å². The smallest absolute Gasteiger partial charge is 0.305 e. The summed E-state index contributed by atoms with van der Waals surface area (Å²) in [4.78, 5) is 25.7. The number of carbonyl (C=O) groups is 2. The molecule has 0 aliphatic carbocycles. The Labute approximate surface area is 174 Å². The van der Waals surface area contributed by atoms with Crippen LogP contribution in [-0.2, 0) is 27.3 Å². The molecule has 0 aromatic heterocycles. The topological polar surface area (TPSA) is 66.8 Å². The zero-order valence-corrected chi connectivity index (χ0v) is 18.8. The molecule has 0 saturated carbocycles. The van der Waals surface area contributed by atoms with Gasteiger partial charge in [0.05, 0.1) is 15.2 Å². The number of phenolic OH excluding ortho intramolecular Hbond substituents is 1. The molecule has 29 heavy (non-hydrogen) atoms. The van der Waals surface area contributed by atoms with Crippen molar-refractivity contribution in [2.24, 2.45) is 0 Å². The predicted molar refractivity (Wildman–Crippen MR) is 118 cm³/mol. The molecular formula is C23H31NO4Si. The maximum Gasteiger partial charge on any atom is 0.305 e. The molecule has 0 atom stereocenters. The first-order chi connectivity index (χ1) is 13.7. The Hall–Kier alpha value is -2.60. The van der Waals surface area contributed by atoms with Crippen molar-refractivity contribution in [3.8, 4) is 5.75 Å². The minimum Gasteiger partial charge on any atom is -0.508 e. The molecule has 5 nitrogen and oxygen atoms in total. The van der Waals surface area contributed by atoms with E-state index < -0.39 is 8.07 Å². The molecule has 2 aromatic carbocycles. The van der Waals surface area contributed by atoms with Crippen molar-refractivity contribution in [2.45, 2.75) is 45.4 Å². The van der Waals surface area contributed by atoms with Gasteiger partial charge in [-0.3, -0.25) is 9.59 Å². The number of hydrogen-bond acceptors (Lipinski definition) is 4. The molecule has 2 rings (SSSR count). The SMILES string of the molecule is COC(=O)CC[Si](C)(C)c1ccccc1CN(CCc1ccc(O)cc1)C(C)=O. The minimum atomic E-state index is -1.86. The number of benzene rings is 2. The van der Waals surface area contributed by atoms with E-state index in [0.29, 0.717) is 19.5 Å². The summed E-state index contributed by atoms with van der Waals surface area (Å²) >= 11 is 0. The van der Waals surface area contributed by atoms with Crippen LogP contribution in [0.2, 0.25) is 19.1 Å². The van der Waals surface area contributed by atoms with E-state index in [2.05, 4.69) is 25.2 Å². The van der Waals surface area contributed by atoms with Gasteiger partial charge in [0.15, 0.2) is 0 Å². The fourth-order valence-electron chi connectivity index (χ4n) is 3.45. The van der Waals surface area contributed by atoms with Gasteiger partial charge in [-0.1, -0.05) is 54.7 Å². The summed E-state index contributed by atoms with van der Waals surface area (Å²) in [7, 11) is -0.444. The minimum absolute atomic E-state index is 0.0348. The number of ether oxygens (including phenoxy) is 1. The number of methoxy groups -OCH3 is 1. The van der Waals surface area contributed by atoms with Gasteiger partial charge in [-0.05, 0) is 35.7 Å². The zero-order valence-electron chi connectivity index (χ0n) is 17.8. The van der Waals surface area contributed by atoms with Crippen LogP contribution in [-0.4, -0.2) is 43.6 Å². The van der Waals surface area contributed by atoms with Crippen LogP contribution in [0.1, 0.15) is 24.5 Å². The quantitative estimate of drug-likeness (QED) is 0.505.